The van der Waals surface area contributed by atoms with Crippen molar-refractivity contribution in [3.8, 4) is 0 Å². The number of carbonyl (C=O) groups is 3. The quantitative estimate of drug-likeness (QED) is 0.747. The normalized spacial score (nSPS) is 10.8. The second kappa shape index (κ2) is 9.22. The number of nitrogens with one attached hydrogen (secondary N) is 2. The number of amides is 2. The molecule has 0 unspecified atom stereocenters. The van der Waals surface area contributed by atoms with Gasteiger partial charge in [-0.25, -0.2) is 9.18 Å². The summed E-state index contributed by atoms with van der Waals surface area (Å²) in [6.45, 7) is 4.54. The standard InChI is InChI=1S/C16H20ClFN2O5/c1-16(2,3)25-15(23)19-7-6-14(22)24-9-13(21)20-12-8-10(17)4-5-11(12)18/h4-5,8H,6-7,9H2,1-3H3,(H,19,23)(H,20,21). The van der Waals surface area contributed by atoms with Gasteiger partial charge in [0.25, 0.3) is 5.91 Å². The molecule has 0 aliphatic rings. The Hall–Kier alpha value is -2.35. The van der Waals surface area contributed by atoms with Gasteiger partial charge in [-0.2, -0.15) is 0 Å². The Kier molecular flexibility index (Phi) is 7.63. The summed E-state index contributed by atoms with van der Waals surface area (Å²) >= 11 is 5.70. The van der Waals surface area contributed by atoms with Gasteiger partial charge in [0.1, 0.15) is 11.4 Å². The molecule has 0 aliphatic heterocycles. The molecule has 1 rings (SSSR count). The van der Waals surface area contributed by atoms with Crippen LogP contribution in [-0.2, 0) is 19.1 Å². The third kappa shape index (κ3) is 8.90. The molecule has 2 amide bonds. The lowest BCUT2D eigenvalue weighted by atomic mass is 10.2. The van der Waals surface area contributed by atoms with Crippen molar-refractivity contribution in [2.45, 2.75) is 32.8 Å². The summed E-state index contributed by atoms with van der Waals surface area (Å²) in [7, 11) is 0. The zero-order valence-corrected chi connectivity index (χ0v) is 14.9. The Morgan fingerprint density at radius 3 is 2.56 bits per heavy atom. The van der Waals surface area contributed by atoms with Gasteiger partial charge < -0.3 is 20.1 Å². The fraction of sp³-hybridized carbons (Fsp3) is 0.438. The van der Waals surface area contributed by atoms with E-state index >= 15 is 0 Å². The van der Waals surface area contributed by atoms with Crippen molar-refractivity contribution in [1.82, 2.24) is 5.32 Å². The summed E-state index contributed by atoms with van der Waals surface area (Å²) in [5.74, 6) is -2.07. The zero-order valence-electron chi connectivity index (χ0n) is 14.2. The Morgan fingerprint density at radius 1 is 1.24 bits per heavy atom. The lowest BCUT2D eigenvalue weighted by molar-refractivity contribution is -0.147. The first-order valence-corrected chi connectivity index (χ1v) is 7.82. The van der Waals surface area contributed by atoms with E-state index in [1.165, 1.54) is 12.1 Å². The number of ether oxygens (including phenoxy) is 2. The number of benzene rings is 1. The molecular formula is C16H20ClFN2O5. The van der Waals surface area contributed by atoms with Crippen LogP contribution in [0, 0.1) is 5.82 Å². The Morgan fingerprint density at radius 2 is 1.92 bits per heavy atom. The number of esters is 1. The molecule has 0 saturated heterocycles. The van der Waals surface area contributed by atoms with Gasteiger partial charge in [-0.3, -0.25) is 9.59 Å². The van der Waals surface area contributed by atoms with E-state index in [4.69, 9.17) is 21.1 Å². The van der Waals surface area contributed by atoms with Crippen molar-refractivity contribution in [3.05, 3.63) is 29.0 Å². The average molecular weight is 375 g/mol. The summed E-state index contributed by atoms with van der Waals surface area (Å²) in [6.07, 6.45) is -0.799. The smallest absolute Gasteiger partial charge is 0.407 e. The molecule has 138 valence electrons. The van der Waals surface area contributed by atoms with Crippen LogP contribution in [0.15, 0.2) is 18.2 Å². The maximum absolute atomic E-state index is 13.5. The largest absolute Gasteiger partial charge is 0.456 e. The molecule has 7 nitrogen and oxygen atoms in total. The molecule has 0 saturated carbocycles. The molecule has 1 aromatic rings. The van der Waals surface area contributed by atoms with Crippen LogP contribution in [-0.4, -0.2) is 36.7 Å². The molecular weight excluding hydrogens is 355 g/mol. The highest BCUT2D eigenvalue weighted by atomic mass is 35.5. The third-order valence-electron chi connectivity index (χ3n) is 2.56. The van der Waals surface area contributed by atoms with E-state index in [1.54, 1.807) is 20.8 Å². The number of rotatable bonds is 6. The van der Waals surface area contributed by atoms with Crippen molar-refractivity contribution >= 4 is 35.3 Å². The fourth-order valence-electron chi connectivity index (χ4n) is 1.58. The van der Waals surface area contributed by atoms with Gasteiger partial charge in [-0.05, 0) is 39.0 Å². The van der Waals surface area contributed by atoms with Crippen molar-refractivity contribution < 1.29 is 28.2 Å². The first-order valence-electron chi connectivity index (χ1n) is 7.44. The lowest BCUT2D eigenvalue weighted by Crippen LogP contribution is -2.34. The number of hydrogen-bond donors (Lipinski definition) is 2. The van der Waals surface area contributed by atoms with Crippen LogP contribution >= 0.6 is 11.6 Å². The molecule has 0 heterocycles. The first-order chi connectivity index (χ1) is 11.6. The molecule has 2 N–H and O–H groups in total. The van der Waals surface area contributed by atoms with E-state index in [1.807, 2.05) is 0 Å². The predicted molar refractivity (Wildman–Crippen MR) is 89.9 cm³/mol. The summed E-state index contributed by atoms with van der Waals surface area (Å²) in [5.41, 5.74) is -0.752. The highest BCUT2D eigenvalue weighted by Gasteiger charge is 2.16. The van der Waals surface area contributed by atoms with E-state index in [2.05, 4.69) is 10.6 Å². The van der Waals surface area contributed by atoms with Crippen LogP contribution in [0.3, 0.4) is 0 Å². The van der Waals surface area contributed by atoms with E-state index in [0.717, 1.165) is 6.07 Å². The van der Waals surface area contributed by atoms with Gasteiger partial charge in [-0.1, -0.05) is 11.6 Å². The average Bonchev–Trinajstić information content (AvgIpc) is 2.47. The van der Waals surface area contributed by atoms with Gasteiger partial charge in [0.15, 0.2) is 6.61 Å². The monoisotopic (exact) mass is 374 g/mol. The molecule has 0 radical (unpaired) electrons. The Balaban J connectivity index is 2.28. The lowest BCUT2D eigenvalue weighted by Gasteiger charge is -2.19. The summed E-state index contributed by atoms with van der Waals surface area (Å²) in [4.78, 5) is 34.5. The van der Waals surface area contributed by atoms with Crippen molar-refractivity contribution in [3.63, 3.8) is 0 Å². The number of halogens is 2. The van der Waals surface area contributed by atoms with Crippen molar-refractivity contribution in [1.29, 1.82) is 0 Å². The van der Waals surface area contributed by atoms with Gasteiger partial charge in [0.05, 0.1) is 12.1 Å². The number of anilines is 1. The Bertz CT molecular complexity index is 646. The summed E-state index contributed by atoms with van der Waals surface area (Å²) < 4.78 is 23.2. The molecule has 0 atom stereocenters. The third-order valence-corrected chi connectivity index (χ3v) is 2.80. The molecule has 1 aromatic carbocycles. The highest BCUT2D eigenvalue weighted by Crippen LogP contribution is 2.19. The minimum Gasteiger partial charge on any atom is -0.456 e. The second-order valence-electron chi connectivity index (χ2n) is 6.01. The van der Waals surface area contributed by atoms with E-state index in [0.29, 0.717) is 0 Å². The molecule has 0 aromatic heterocycles. The van der Waals surface area contributed by atoms with Gasteiger partial charge in [-0.15, -0.1) is 0 Å². The van der Waals surface area contributed by atoms with Crippen LogP contribution in [0.4, 0.5) is 14.9 Å². The fourth-order valence-corrected chi connectivity index (χ4v) is 1.75. The van der Waals surface area contributed by atoms with Crippen LogP contribution in [0.2, 0.25) is 5.02 Å². The minimum absolute atomic E-state index is 0.00170. The number of alkyl carbamates (subject to hydrolysis) is 1. The molecule has 9 heteroatoms. The van der Waals surface area contributed by atoms with Crippen LogP contribution in [0.5, 0.6) is 0 Å². The van der Waals surface area contributed by atoms with Crippen LogP contribution in [0.25, 0.3) is 0 Å². The van der Waals surface area contributed by atoms with Crippen LogP contribution in [0.1, 0.15) is 27.2 Å². The van der Waals surface area contributed by atoms with E-state index < -0.39 is 36.0 Å². The predicted octanol–water partition coefficient (Wildman–Crippen LogP) is 2.88. The van der Waals surface area contributed by atoms with Crippen molar-refractivity contribution in [2.75, 3.05) is 18.5 Å². The van der Waals surface area contributed by atoms with Crippen LogP contribution < -0.4 is 10.6 Å². The molecule has 0 aliphatic carbocycles. The van der Waals surface area contributed by atoms with Gasteiger partial charge in [0, 0.05) is 11.6 Å². The zero-order chi connectivity index (χ0) is 19.0. The second-order valence-corrected chi connectivity index (χ2v) is 6.45. The molecule has 0 spiro atoms. The topological polar surface area (TPSA) is 93.7 Å². The van der Waals surface area contributed by atoms with E-state index in [9.17, 15) is 18.8 Å². The van der Waals surface area contributed by atoms with Crippen molar-refractivity contribution in [2.24, 2.45) is 0 Å². The molecule has 25 heavy (non-hydrogen) atoms. The highest BCUT2D eigenvalue weighted by molar-refractivity contribution is 6.30. The number of carbonyl (C=O) groups excluding carboxylic acids is 3. The SMILES string of the molecule is CC(C)(C)OC(=O)NCCC(=O)OCC(=O)Nc1cc(Cl)ccc1F. The summed E-state index contributed by atoms with van der Waals surface area (Å²) in [5, 5.41) is 4.88. The maximum atomic E-state index is 13.5. The van der Waals surface area contributed by atoms with Gasteiger partial charge in [0.2, 0.25) is 0 Å². The number of hydrogen-bond acceptors (Lipinski definition) is 5. The van der Waals surface area contributed by atoms with E-state index in [-0.39, 0.29) is 23.7 Å². The minimum atomic E-state index is -0.713. The molecule has 0 fully saturated rings. The maximum Gasteiger partial charge on any atom is 0.407 e. The van der Waals surface area contributed by atoms with Gasteiger partial charge >= 0.3 is 12.1 Å². The Labute approximate surface area is 149 Å². The first kappa shape index (κ1) is 20.7. The summed E-state index contributed by atoms with van der Waals surface area (Å²) in [6, 6.07) is 3.68. The molecule has 0 bridgehead atoms.